The van der Waals surface area contributed by atoms with Crippen LogP contribution in [-0.2, 0) is 20.9 Å². The third kappa shape index (κ3) is 6.26. The standard InChI is InChI=1S/C14H18Cl2N2O3.ClH/c15-12-6-10(7-13(16)18-12)8-21-14(19)11(17)5-9-1-3-20-4-2-9;/h6-7,9,11H,1-5,8,17H2;1H/t11-;/m0./s1. The summed E-state index contributed by atoms with van der Waals surface area (Å²) in [6.07, 6.45) is 2.51. The molecule has 5 nitrogen and oxygen atoms in total. The van der Waals surface area contributed by atoms with E-state index in [1.54, 1.807) is 12.1 Å². The van der Waals surface area contributed by atoms with Crippen LogP contribution in [0.2, 0.25) is 10.3 Å². The molecule has 124 valence electrons. The number of ether oxygens (including phenoxy) is 2. The summed E-state index contributed by atoms with van der Waals surface area (Å²) in [5.74, 6) is 0.0108. The van der Waals surface area contributed by atoms with Crippen molar-refractivity contribution < 1.29 is 14.3 Å². The van der Waals surface area contributed by atoms with Crippen LogP contribution >= 0.6 is 35.6 Å². The first-order valence-electron chi connectivity index (χ1n) is 6.86. The van der Waals surface area contributed by atoms with Gasteiger partial charge in [-0.2, -0.15) is 0 Å². The largest absolute Gasteiger partial charge is 0.460 e. The lowest BCUT2D eigenvalue weighted by molar-refractivity contribution is -0.147. The lowest BCUT2D eigenvalue weighted by Crippen LogP contribution is -2.35. The van der Waals surface area contributed by atoms with Crippen molar-refractivity contribution in [2.45, 2.75) is 31.9 Å². The zero-order valence-corrected chi connectivity index (χ0v) is 14.3. The predicted octanol–water partition coefficient (Wildman–Crippen LogP) is 3.00. The Morgan fingerprint density at radius 2 is 1.95 bits per heavy atom. The van der Waals surface area contributed by atoms with Gasteiger partial charge in [0.15, 0.2) is 0 Å². The van der Waals surface area contributed by atoms with Crippen molar-refractivity contribution in [3.63, 3.8) is 0 Å². The molecule has 2 rings (SSSR count). The summed E-state index contributed by atoms with van der Waals surface area (Å²) in [6, 6.07) is 2.59. The van der Waals surface area contributed by atoms with Crippen LogP contribution in [-0.4, -0.2) is 30.2 Å². The highest BCUT2D eigenvalue weighted by Crippen LogP contribution is 2.20. The second-order valence-corrected chi connectivity index (χ2v) is 5.90. The van der Waals surface area contributed by atoms with Crippen molar-refractivity contribution in [1.29, 1.82) is 0 Å². The van der Waals surface area contributed by atoms with Crippen LogP contribution in [0, 0.1) is 5.92 Å². The third-order valence-corrected chi connectivity index (χ3v) is 3.82. The fourth-order valence-corrected chi connectivity index (χ4v) is 2.80. The maximum absolute atomic E-state index is 11.9. The van der Waals surface area contributed by atoms with Crippen LogP contribution in [0.5, 0.6) is 0 Å². The fraction of sp³-hybridized carbons (Fsp3) is 0.571. The number of nitrogens with two attached hydrogens (primary N) is 1. The van der Waals surface area contributed by atoms with E-state index in [4.69, 9.17) is 38.4 Å². The number of pyridine rings is 1. The van der Waals surface area contributed by atoms with Gasteiger partial charge in [0.05, 0.1) is 0 Å². The first-order valence-corrected chi connectivity index (χ1v) is 7.62. The zero-order valence-electron chi connectivity index (χ0n) is 12.0. The SMILES string of the molecule is Cl.N[C@@H](CC1CCOCC1)C(=O)OCc1cc(Cl)nc(Cl)c1. The van der Waals surface area contributed by atoms with E-state index in [0.717, 1.165) is 26.1 Å². The zero-order chi connectivity index (χ0) is 15.2. The van der Waals surface area contributed by atoms with Crippen molar-refractivity contribution in [3.05, 3.63) is 28.0 Å². The molecule has 1 saturated heterocycles. The number of carbonyl (C=O) groups excluding carboxylic acids is 1. The monoisotopic (exact) mass is 368 g/mol. The fourth-order valence-electron chi connectivity index (χ4n) is 2.30. The van der Waals surface area contributed by atoms with Gasteiger partial charge < -0.3 is 15.2 Å². The number of carbonyl (C=O) groups is 1. The molecule has 1 aliphatic rings. The minimum absolute atomic E-state index is 0. The average Bonchev–Trinajstić information content (AvgIpc) is 2.44. The number of esters is 1. The Kier molecular flexibility index (Phi) is 8.43. The van der Waals surface area contributed by atoms with Gasteiger partial charge >= 0.3 is 5.97 Å². The van der Waals surface area contributed by atoms with E-state index in [9.17, 15) is 4.79 Å². The molecule has 0 unspecified atom stereocenters. The molecule has 0 spiro atoms. The summed E-state index contributed by atoms with van der Waals surface area (Å²) in [5.41, 5.74) is 6.58. The highest BCUT2D eigenvalue weighted by atomic mass is 35.5. The molecule has 2 heterocycles. The van der Waals surface area contributed by atoms with Crippen LogP contribution in [0.25, 0.3) is 0 Å². The van der Waals surface area contributed by atoms with Crippen molar-refractivity contribution in [2.75, 3.05) is 13.2 Å². The van der Waals surface area contributed by atoms with Crippen LogP contribution in [0.15, 0.2) is 12.1 Å². The maximum atomic E-state index is 11.9. The molecule has 0 aliphatic carbocycles. The van der Waals surface area contributed by atoms with Gasteiger partial charge in [-0.15, -0.1) is 12.4 Å². The molecule has 2 N–H and O–H groups in total. The summed E-state index contributed by atoms with van der Waals surface area (Å²) in [5, 5.41) is 0.528. The Morgan fingerprint density at radius 1 is 1.36 bits per heavy atom. The van der Waals surface area contributed by atoms with Gasteiger partial charge in [0.25, 0.3) is 0 Å². The van der Waals surface area contributed by atoms with Crippen LogP contribution < -0.4 is 5.73 Å². The Morgan fingerprint density at radius 3 is 2.55 bits per heavy atom. The van der Waals surface area contributed by atoms with E-state index >= 15 is 0 Å². The minimum atomic E-state index is -0.610. The van der Waals surface area contributed by atoms with Crippen LogP contribution in [0.4, 0.5) is 0 Å². The molecule has 8 heteroatoms. The topological polar surface area (TPSA) is 74.4 Å². The van der Waals surface area contributed by atoms with E-state index in [1.165, 1.54) is 0 Å². The number of hydrogen-bond donors (Lipinski definition) is 1. The van der Waals surface area contributed by atoms with Gasteiger partial charge in [0, 0.05) is 13.2 Å². The van der Waals surface area contributed by atoms with E-state index < -0.39 is 12.0 Å². The van der Waals surface area contributed by atoms with Crippen molar-refractivity contribution in [3.8, 4) is 0 Å². The molecule has 1 aliphatic heterocycles. The molecule has 1 aromatic heterocycles. The maximum Gasteiger partial charge on any atom is 0.323 e. The molecule has 0 aromatic carbocycles. The average molecular weight is 370 g/mol. The predicted molar refractivity (Wildman–Crippen MR) is 87.4 cm³/mol. The van der Waals surface area contributed by atoms with Gasteiger partial charge in [0.2, 0.25) is 0 Å². The summed E-state index contributed by atoms with van der Waals surface area (Å²) >= 11 is 11.6. The highest BCUT2D eigenvalue weighted by Gasteiger charge is 2.22. The molecule has 1 fully saturated rings. The Balaban J connectivity index is 0.00000242. The quantitative estimate of drug-likeness (QED) is 0.638. The highest BCUT2D eigenvalue weighted by molar-refractivity contribution is 6.32. The molecule has 0 radical (unpaired) electrons. The minimum Gasteiger partial charge on any atom is -0.460 e. The normalized spacial score (nSPS) is 16.7. The van der Waals surface area contributed by atoms with Crippen molar-refractivity contribution in [1.82, 2.24) is 4.98 Å². The van der Waals surface area contributed by atoms with E-state index in [1.807, 2.05) is 0 Å². The molecule has 0 bridgehead atoms. The van der Waals surface area contributed by atoms with Crippen LogP contribution in [0.3, 0.4) is 0 Å². The lowest BCUT2D eigenvalue weighted by atomic mass is 9.93. The van der Waals surface area contributed by atoms with Gasteiger partial charge in [-0.3, -0.25) is 4.79 Å². The number of nitrogens with zero attached hydrogens (tertiary/aromatic N) is 1. The first kappa shape index (κ1) is 19.5. The van der Waals surface area contributed by atoms with E-state index in [2.05, 4.69) is 4.98 Å². The third-order valence-electron chi connectivity index (χ3n) is 3.43. The molecule has 0 saturated carbocycles. The van der Waals surface area contributed by atoms with Crippen molar-refractivity contribution >= 4 is 41.6 Å². The van der Waals surface area contributed by atoms with Gasteiger partial charge in [-0.25, -0.2) is 4.98 Å². The number of aromatic nitrogens is 1. The lowest BCUT2D eigenvalue weighted by Gasteiger charge is -2.24. The molecule has 1 aromatic rings. The summed E-state index contributed by atoms with van der Waals surface area (Å²) < 4.78 is 10.5. The Labute approximate surface area is 145 Å². The smallest absolute Gasteiger partial charge is 0.323 e. The number of rotatable bonds is 5. The molecular formula is C14H19Cl3N2O3. The van der Waals surface area contributed by atoms with Gasteiger partial charge in [-0.05, 0) is 42.9 Å². The van der Waals surface area contributed by atoms with Gasteiger partial charge in [-0.1, -0.05) is 23.2 Å². The first-order chi connectivity index (χ1) is 10.0. The molecule has 1 atom stereocenters. The molecule has 22 heavy (non-hydrogen) atoms. The summed E-state index contributed by atoms with van der Waals surface area (Å²) in [4.78, 5) is 15.7. The van der Waals surface area contributed by atoms with E-state index in [0.29, 0.717) is 17.9 Å². The van der Waals surface area contributed by atoms with Gasteiger partial charge in [0.1, 0.15) is 23.0 Å². The van der Waals surface area contributed by atoms with E-state index in [-0.39, 0.29) is 29.3 Å². The molecule has 0 amide bonds. The summed E-state index contributed by atoms with van der Waals surface area (Å²) in [7, 11) is 0. The summed E-state index contributed by atoms with van der Waals surface area (Å²) in [6.45, 7) is 1.56. The second kappa shape index (κ2) is 9.53. The Hall–Kier alpha value is -0.590. The second-order valence-electron chi connectivity index (χ2n) is 5.13. The number of halogens is 3. The van der Waals surface area contributed by atoms with Crippen molar-refractivity contribution in [2.24, 2.45) is 11.7 Å². The molecular weight excluding hydrogens is 351 g/mol. The Bertz CT molecular complexity index is 476. The number of hydrogen-bond acceptors (Lipinski definition) is 5. The van der Waals surface area contributed by atoms with Crippen LogP contribution in [0.1, 0.15) is 24.8 Å².